The summed E-state index contributed by atoms with van der Waals surface area (Å²) in [7, 11) is 0. The molecule has 0 saturated carbocycles. The van der Waals surface area contributed by atoms with Crippen molar-refractivity contribution in [2.24, 2.45) is 5.92 Å². The lowest BCUT2D eigenvalue weighted by molar-refractivity contribution is -0.131. The lowest BCUT2D eigenvalue weighted by Gasteiger charge is -2.39. The number of carboxylic acid groups (broad SMARTS) is 1. The fourth-order valence-electron chi connectivity index (χ4n) is 4.00. The molecule has 0 aliphatic rings. The van der Waals surface area contributed by atoms with E-state index in [-0.39, 0.29) is 11.2 Å². The number of carboxylic acids is 1. The Bertz CT molecular complexity index is 860. The van der Waals surface area contributed by atoms with Crippen LogP contribution in [0.4, 0.5) is 0 Å². The molecule has 2 aromatic rings. The molecule has 2 rings (SSSR count). The van der Waals surface area contributed by atoms with Gasteiger partial charge in [0.15, 0.2) is 5.78 Å². The number of carbonyl (C=O) groups is 2. The number of benzene rings is 2. The van der Waals surface area contributed by atoms with Crippen LogP contribution in [-0.4, -0.2) is 16.9 Å². The van der Waals surface area contributed by atoms with Crippen LogP contribution in [0.2, 0.25) is 10.0 Å². The van der Waals surface area contributed by atoms with Gasteiger partial charge in [0, 0.05) is 28.0 Å². The Morgan fingerprint density at radius 2 is 1.41 bits per heavy atom. The lowest BCUT2D eigenvalue weighted by Crippen LogP contribution is -2.33. The van der Waals surface area contributed by atoms with Crippen LogP contribution < -0.4 is 0 Å². The third kappa shape index (κ3) is 10.4. The van der Waals surface area contributed by atoms with E-state index >= 15 is 0 Å². The van der Waals surface area contributed by atoms with Crippen molar-refractivity contribution in [1.82, 2.24) is 0 Å². The summed E-state index contributed by atoms with van der Waals surface area (Å²) in [6.07, 6.45) is 6.61. The highest BCUT2D eigenvalue weighted by Gasteiger charge is 2.36. The molecule has 0 amide bonds. The van der Waals surface area contributed by atoms with Gasteiger partial charge in [-0.05, 0) is 60.2 Å². The molecule has 34 heavy (non-hydrogen) atoms. The average Bonchev–Trinajstić information content (AvgIpc) is 2.82. The summed E-state index contributed by atoms with van der Waals surface area (Å²) in [4.78, 5) is 20.5. The SMILES string of the molecule is CC.CCCC(=O)/C=C\C(=O)O.CCCC(CC)C(C)(c1cccc(Cl)c1)c1cccc(Cl)c1. The van der Waals surface area contributed by atoms with Crippen LogP contribution in [0.3, 0.4) is 0 Å². The number of carbonyl (C=O) groups excluding carboxylic acids is 1. The summed E-state index contributed by atoms with van der Waals surface area (Å²) in [6, 6.07) is 16.5. The first-order valence-corrected chi connectivity index (χ1v) is 12.9. The monoisotopic (exact) mass is 506 g/mol. The molecule has 0 heterocycles. The molecule has 3 nitrogen and oxygen atoms in total. The molecule has 0 fully saturated rings. The third-order valence-corrected chi connectivity index (χ3v) is 6.17. The first-order chi connectivity index (χ1) is 16.2. The zero-order valence-corrected chi connectivity index (χ0v) is 22.9. The molecule has 5 heteroatoms. The molecule has 188 valence electrons. The second-order valence-electron chi connectivity index (χ2n) is 8.00. The Labute approximate surface area is 216 Å². The van der Waals surface area contributed by atoms with E-state index in [1.807, 2.05) is 45.0 Å². The van der Waals surface area contributed by atoms with Gasteiger partial charge in [0.05, 0.1) is 0 Å². The van der Waals surface area contributed by atoms with Gasteiger partial charge in [-0.25, -0.2) is 4.79 Å². The predicted molar refractivity (Wildman–Crippen MR) is 146 cm³/mol. The maximum atomic E-state index is 10.6. The minimum Gasteiger partial charge on any atom is -0.478 e. The van der Waals surface area contributed by atoms with E-state index in [1.165, 1.54) is 24.0 Å². The Kier molecular flexibility index (Phi) is 16.3. The first kappa shape index (κ1) is 31.9. The van der Waals surface area contributed by atoms with Crippen molar-refractivity contribution in [1.29, 1.82) is 0 Å². The second kappa shape index (κ2) is 17.4. The van der Waals surface area contributed by atoms with E-state index in [2.05, 4.69) is 45.0 Å². The van der Waals surface area contributed by atoms with E-state index in [1.54, 1.807) is 0 Å². The van der Waals surface area contributed by atoms with Crippen molar-refractivity contribution < 1.29 is 14.7 Å². The van der Waals surface area contributed by atoms with E-state index in [4.69, 9.17) is 28.3 Å². The smallest absolute Gasteiger partial charge is 0.328 e. The highest BCUT2D eigenvalue weighted by atomic mass is 35.5. The van der Waals surface area contributed by atoms with Gasteiger partial charge >= 0.3 is 5.97 Å². The summed E-state index contributed by atoms with van der Waals surface area (Å²) >= 11 is 12.5. The maximum Gasteiger partial charge on any atom is 0.328 e. The molecular formula is C29H40Cl2O3. The summed E-state index contributed by atoms with van der Waals surface area (Å²) in [5.41, 5.74) is 2.45. The first-order valence-electron chi connectivity index (χ1n) is 12.1. The highest BCUT2D eigenvalue weighted by Crippen LogP contribution is 2.44. The standard InChI is InChI=1S/C20H24Cl2.C7H10O3.C2H6/c1-4-8-15(5-2)20(3,16-9-6-11-18(21)13-16)17-10-7-12-19(22)14-17;1-2-3-6(8)4-5-7(9)10;1-2/h6-7,9-15H,4-5,8H2,1-3H3;4-5H,2-3H2,1H3,(H,9,10);1-2H3/b;5-4-;. The van der Waals surface area contributed by atoms with Gasteiger partial charge in [-0.15, -0.1) is 0 Å². The van der Waals surface area contributed by atoms with Crippen LogP contribution in [0, 0.1) is 5.92 Å². The van der Waals surface area contributed by atoms with E-state index in [0.29, 0.717) is 12.3 Å². The molecule has 0 radical (unpaired) electrons. The van der Waals surface area contributed by atoms with Crippen LogP contribution in [0.15, 0.2) is 60.7 Å². The third-order valence-electron chi connectivity index (χ3n) is 5.70. The summed E-state index contributed by atoms with van der Waals surface area (Å²) in [6.45, 7) is 12.7. The van der Waals surface area contributed by atoms with Crippen molar-refractivity contribution in [2.45, 2.75) is 79.1 Å². The number of allylic oxidation sites excluding steroid dienone is 1. The number of ketones is 1. The molecule has 0 saturated heterocycles. The van der Waals surface area contributed by atoms with Gasteiger partial charge in [0.1, 0.15) is 0 Å². The zero-order valence-electron chi connectivity index (χ0n) is 21.4. The summed E-state index contributed by atoms with van der Waals surface area (Å²) in [5.74, 6) is -0.663. The van der Waals surface area contributed by atoms with Crippen molar-refractivity contribution in [3.63, 3.8) is 0 Å². The van der Waals surface area contributed by atoms with Gasteiger partial charge in [0.2, 0.25) is 0 Å². The largest absolute Gasteiger partial charge is 0.478 e. The van der Waals surface area contributed by atoms with Crippen LogP contribution >= 0.6 is 23.2 Å². The maximum absolute atomic E-state index is 10.6. The Hall–Kier alpha value is -2.10. The lowest BCUT2D eigenvalue weighted by atomic mass is 9.65. The van der Waals surface area contributed by atoms with Crippen molar-refractivity contribution in [2.75, 3.05) is 0 Å². The minimum absolute atomic E-state index is 0.0828. The molecule has 2 aromatic carbocycles. The fraction of sp³-hybridized carbons (Fsp3) is 0.448. The summed E-state index contributed by atoms with van der Waals surface area (Å²) < 4.78 is 0. The molecule has 0 aliphatic heterocycles. The van der Waals surface area contributed by atoms with Gasteiger partial charge in [-0.2, -0.15) is 0 Å². The van der Waals surface area contributed by atoms with Crippen molar-refractivity contribution >= 4 is 35.0 Å². The Balaban J connectivity index is 0.000000767. The number of hydrogen-bond donors (Lipinski definition) is 1. The van der Waals surface area contributed by atoms with Crippen LogP contribution in [0.1, 0.15) is 84.8 Å². The summed E-state index contributed by atoms with van der Waals surface area (Å²) in [5, 5.41) is 9.67. The average molecular weight is 508 g/mol. The quantitative estimate of drug-likeness (QED) is 0.326. The van der Waals surface area contributed by atoms with Crippen LogP contribution in [-0.2, 0) is 15.0 Å². The number of aliphatic carboxylic acids is 1. The van der Waals surface area contributed by atoms with Crippen molar-refractivity contribution in [3.8, 4) is 0 Å². The molecule has 0 aliphatic carbocycles. The molecule has 1 atom stereocenters. The van der Waals surface area contributed by atoms with Gasteiger partial charge < -0.3 is 5.11 Å². The Morgan fingerprint density at radius 1 is 0.912 bits per heavy atom. The topological polar surface area (TPSA) is 54.4 Å². The van der Waals surface area contributed by atoms with Gasteiger partial charge in [-0.1, -0.05) is 102 Å². The normalized spacial score (nSPS) is 11.6. The van der Waals surface area contributed by atoms with E-state index in [9.17, 15) is 9.59 Å². The number of halogens is 2. The highest BCUT2D eigenvalue weighted by molar-refractivity contribution is 6.31. The number of rotatable bonds is 10. The second-order valence-corrected chi connectivity index (χ2v) is 8.88. The van der Waals surface area contributed by atoms with Gasteiger partial charge in [0.25, 0.3) is 0 Å². The fourth-order valence-corrected chi connectivity index (χ4v) is 4.39. The van der Waals surface area contributed by atoms with Crippen molar-refractivity contribution in [3.05, 3.63) is 81.9 Å². The van der Waals surface area contributed by atoms with Crippen LogP contribution in [0.5, 0.6) is 0 Å². The van der Waals surface area contributed by atoms with E-state index in [0.717, 1.165) is 35.0 Å². The molecule has 0 aromatic heterocycles. The molecule has 0 spiro atoms. The van der Waals surface area contributed by atoms with E-state index < -0.39 is 5.97 Å². The number of hydrogen-bond acceptors (Lipinski definition) is 2. The van der Waals surface area contributed by atoms with Gasteiger partial charge in [-0.3, -0.25) is 4.79 Å². The van der Waals surface area contributed by atoms with Crippen LogP contribution in [0.25, 0.3) is 0 Å². The molecular weight excluding hydrogens is 467 g/mol. The zero-order chi connectivity index (χ0) is 26.1. The molecule has 0 bridgehead atoms. The Morgan fingerprint density at radius 3 is 1.76 bits per heavy atom. The molecule has 1 N–H and O–H groups in total. The predicted octanol–water partition coefficient (Wildman–Crippen LogP) is 9.15. The minimum atomic E-state index is -1.08. The molecule has 1 unspecified atom stereocenters.